The number of aliphatic hydroxyl groups excluding tert-OH is 1. The molecule has 2 aromatic rings. The fourth-order valence-electron chi connectivity index (χ4n) is 1.90. The number of nitrogens with one attached hydrogen (secondary N) is 1. The summed E-state index contributed by atoms with van der Waals surface area (Å²) in [7, 11) is 0. The molecule has 0 radical (unpaired) electrons. The van der Waals surface area contributed by atoms with E-state index in [0.29, 0.717) is 0 Å². The number of hydrogen-bond donors (Lipinski definition) is 3. The van der Waals surface area contributed by atoms with Crippen LogP contribution in [0.2, 0.25) is 0 Å². The van der Waals surface area contributed by atoms with Gasteiger partial charge in [0, 0.05) is 29.7 Å². The van der Waals surface area contributed by atoms with Gasteiger partial charge in [0.1, 0.15) is 0 Å². The van der Waals surface area contributed by atoms with Crippen LogP contribution in [0.25, 0.3) is 10.9 Å². The SMILES string of the molecule is Cl.N[C@H](CCCO)c1cccc2[nH]ccc12. The van der Waals surface area contributed by atoms with Crippen molar-refractivity contribution in [2.24, 2.45) is 5.73 Å². The third-order valence-electron chi connectivity index (χ3n) is 2.70. The van der Waals surface area contributed by atoms with E-state index in [0.717, 1.165) is 23.9 Å². The van der Waals surface area contributed by atoms with Crippen LogP contribution < -0.4 is 5.73 Å². The molecule has 0 saturated heterocycles. The molecular formula is C12H17ClN2O. The predicted octanol–water partition coefficient (Wildman–Crippen LogP) is 2.36. The summed E-state index contributed by atoms with van der Waals surface area (Å²) in [6, 6.07) is 8.16. The molecule has 0 amide bonds. The molecule has 2 rings (SSSR count). The fraction of sp³-hybridized carbons (Fsp3) is 0.333. The summed E-state index contributed by atoms with van der Waals surface area (Å²) in [6.45, 7) is 0.205. The normalized spacial score (nSPS) is 12.4. The molecule has 0 spiro atoms. The number of aromatic nitrogens is 1. The maximum atomic E-state index is 8.77. The molecule has 3 nitrogen and oxygen atoms in total. The van der Waals surface area contributed by atoms with E-state index in [2.05, 4.69) is 11.1 Å². The minimum atomic E-state index is 0. The van der Waals surface area contributed by atoms with E-state index < -0.39 is 0 Å². The second-order valence-electron chi connectivity index (χ2n) is 3.76. The standard InChI is InChI=1S/C12H16N2O.ClH/c13-11(4-2-8-15)9-3-1-5-12-10(9)6-7-14-12;/h1,3,5-7,11,14-15H,2,4,8,13H2;1H/t11-;/m1./s1. The van der Waals surface area contributed by atoms with Crippen LogP contribution in [0, 0.1) is 0 Å². The highest BCUT2D eigenvalue weighted by Gasteiger charge is 2.09. The second-order valence-corrected chi connectivity index (χ2v) is 3.76. The highest BCUT2D eigenvalue weighted by molar-refractivity contribution is 5.85. The predicted molar refractivity (Wildman–Crippen MR) is 68.8 cm³/mol. The molecule has 0 aliphatic rings. The van der Waals surface area contributed by atoms with Gasteiger partial charge in [-0.1, -0.05) is 12.1 Å². The maximum Gasteiger partial charge on any atom is 0.0457 e. The van der Waals surface area contributed by atoms with Crippen molar-refractivity contribution < 1.29 is 5.11 Å². The number of aromatic amines is 1. The fourth-order valence-corrected chi connectivity index (χ4v) is 1.90. The van der Waals surface area contributed by atoms with E-state index in [1.165, 1.54) is 5.39 Å². The highest BCUT2D eigenvalue weighted by atomic mass is 35.5. The van der Waals surface area contributed by atoms with Gasteiger partial charge in [-0.2, -0.15) is 0 Å². The average molecular weight is 241 g/mol. The molecule has 1 aromatic heterocycles. The van der Waals surface area contributed by atoms with E-state index in [1.807, 2.05) is 24.4 Å². The Bertz CT molecular complexity index is 441. The summed E-state index contributed by atoms with van der Waals surface area (Å²) in [5.74, 6) is 0. The number of rotatable bonds is 4. The summed E-state index contributed by atoms with van der Waals surface area (Å²) in [6.07, 6.45) is 3.50. The first kappa shape index (κ1) is 13.0. The van der Waals surface area contributed by atoms with Crippen LogP contribution in [0.1, 0.15) is 24.4 Å². The van der Waals surface area contributed by atoms with Gasteiger partial charge in [0.15, 0.2) is 0 Å². The van der Waals surface area contributed by atoms with E-state index in [-0.39, 0.29) is 25.1 Å². The molecule has 0 bridgehead atoms. The topological polar surface area (TPSA) is 62.0 Å². The lowest BCUT2D eigenvalue weighted by atomic mass is 9.99. The van der Waals surface area contributed by atoms with Gasteiger partial charge in [-0.15, -0.1) is 12.4 Å². The molecule has 0 unspecified atom stereocenters. The summed E-state index contributed by atoms with van der Waals surface area (Å²) in [4.78, 5) is 3.17. The van der Waals surface area contributed by atoms with Crippen LogP contribution in [-0.4, -0.2) is 16.7 Å². The Labute approximate surface area is 101 Å². The highest BCUT2D eigenvalue weighted by Crippen LogP contribution is 2.24. The lowest BCUT2D eigenvalue weighted by Crippen LogP contribution is -2.11. The van der Waals surface area contributed by atoms with Crippen LogP contribution in [0.3, 0.4) is 0 Å². The molecule has 1 atom stereocenters. The lowest BCUT2D eigenvalue weighted by molar-refractivity contribution is 0.280. The lowest BCUT2D eigenvalue weighted by Gasteiger charge is -2.12. The Balaban J connectivity index is 0.00000128. The van der Waals surface area contributed by atoms with Crippen LogP contribution in [-0.2, 0) is 0 Å². The zero-order valence-corrected chi connectivity index (χ0v) is 9.83. The van der Waals surface area contributed by atoms with E-state index in [1.54, 1.807) is 0 Å². The Hall–Kier alpha value is -1.03. The van der Waals surface area contributed by atoms with Gasteiger partial charge in [-0.3, -0.25) is 0 Å². The number of aliphatic hydroxyl groups is 1. The van der Waals surface area contributed by atoms with E-state index in [9.17, 15) is 0 Å². The van der Waals surface area contributed by atoms with E-state index in [4.69, 9.17) is 10.8 Å². The Morgan fingerprint density at radius 3 is 2.88 bits per heavy atom. The van der Waals surface area contributed by atoms with Crippen molar-refractivity contribution in [3.8, 4) is 0 Å². The number of fused-ring (bicyclic) bond motifs is 1. The molecule has 0 aliphatic heterocycles. The summed E-state index contributed by atoms with van der Waals surface area (Å²) in [5.41, 5.74) is 8.35. The number of nitrogens with two attached hydrogens (primary N) is 1. The molecular weight excluding hydrogens is 224 g/mol. The number of H-pyrrole nitrogens is 1. The monoisotopic (exact) mass is 240 g/mol. The largest absolute Gasteiger partial charge is 0.396 e. The molecule has 0 saturated carbocycles. The van der Waals surface area contributed by atoms with Gasteiger partial charge >= 0.3 is 0 Å². The zero-order chi connectivity index (χ0) is 10.7. The quantitative estimate of drug-likeness (QED) is 0.768. The van der Waals surface area contributed by atoms with Crippen molar-refractivity contribution in [1.29, 1.82) is 0 Å². The van der Waals surface area contributed by atoms with Crippen molar-refractivity contribution >= 4 is 23.3 Å². The summed E-state index contributed by atoms with van der Waals surface area (Å²) < 4.78 is 0. The first-order valence-corrected chi connectivity index (χ1v) is 5.25. The minimum Gasteiger partial charge on any atom is -0.396 e. The zero-order valence-electron chi connectivity index (χ0n) is 9.02. The van der Waals surface area contributed by atoms with Gasteiger partial charge < -0.3 is 15.8 Å². The van der Waals surface area contributed by atoms with Gasteiger partial charge in [-0.05, 0) is 30.5 Å². The van der Waals surface area contributed by atoms with E-state index >= 15 is 0 Å². The third kappa shape index (κ3) is 2.55. The molecule has 0 aliphatic carbocycles. The third-order valence-corrected chi connectivity index (χ3v) is 2.70. The molecule has 4 heteroatoms. The smallest absolute Gasteiger partial charge is 0.0457 e. The Kier molecular flexibility index (Phi) is 4.80. The van der Waals surface area contributed by atoms with Crippen molar-refractivity contribution in [2.45, 2.75) is 18.9 Å². The van der Waals surface area contributed by atoms with Crippen molar-refractivity contribution in [2.75, 3.05) is 6.61 Å². The first-order chi connectivity index (χ1) is 7.33. The molecule has 1 heterocycles. The summed E-state index contributed by atoms with van der Waals surface area (Å²) >= 11 is 0. The maximum absolute atomic E-state index is 8.77. The number of halogens is 1. The van der Waals surface area contributed by atoms with Crippen molar-refractivity contribution in [3.05, 3.63) is 36.0 Å². The molecule has 4 N–H and O–H groups in total. The average Bonchev–Trinajstić information content (AvgIpc) is 2.73. The Morgan fingerprint density at radius 1 is 1.31 bits per heavy atom. The van der Waals surface area contributed by atoms with Crippen molar-refractivity contribution in [3.63, 3.8) is 0 Å². The number of hydrogen-bond acceptors (Lipinski definition) is 2. The molecule has 16 heavy (non-hydrogen) atoms. The molecule has 88 valence electrons. The van der Waals surface area contributed by atoms with Crippen LogP contribution in [0.4, 0.5) is 0 Å². The van der Waals surface area contributed by atoms with Crippen LogP contribution in [0.5, 0.6) is 0 Å². The first-order valence-electron chi connectivity index (χ1n) is 5.25. The number of benzene rings is 1. The minimum absolute atomic E-state index is 0. The molecule has 1 aromatic carbocycles. The van der Waals surface area contributed by atoms with Gasteiger partial charge in [0.2, 0.25) is 0 Å². The Morgan fingerprint density at radius 2 is 2.12 bits per heavy atom. The second kappa shape index (κ2) is 5.89. The van der Waals surface area contributed by atoms with Crippen LogP contribution in [0.15, 0.2) is 30.5 Å². The van der Waals surface area contributed by atoms with Gasteiger partial charge in [0.05, 0.1) is 0 Å². The molecule has 0 fully saturated rings. The summed E-state index contributed by atoms with van der Waals surface area (Å²) in [5, 5.41) is 9.96. The van der Waals surface area contributed by atoms with Crippen molar-refractivity contribution in [1.82, 2.24) is 4.98 Å². The van der Waals surface area contributed by atoms with Gasteiger partial charge in [-0.25, -0.2) is 0 Å². The van der Waals surface area contributed by atoms with Gasteiger partial charge in [0.25, 0.3) is 0 Å². The van der Waals surface area contributed by atoms with Crippen LogP contribution >= 0.6 is 12.4 Å².